The molecule has 1 N–H and O–H groups in total. The normalized spacial score (nSPS) is 20.4. The molecule has 1 aromatic carbocycles. The molecule has 0 saturated heterocycles. The van der Waals surface area contributed by atoms with Crippen LogP contribution in [0.4, 0.5) is 5.82 Å². The summed E-state index contributed by atoms with van der Waals surface area (Å²) >= 11 is 0. The number of hydrogen-bond acceptors (Lipinski definition) is 6. The van der Waals surface area contributed by atoms with Gasteiger partial charge < -0.3 is 14.0 Å². The lowest BCUT2D eigenvalue weighted by Crippen LogP contribution is -2.34. The quantitative estimate of drug-likeness (QED) is 0.636. The number of aromatic nitrogens is 3. The highest BCUT2D eigenvalue weighted by Gasteiger charge is 2.30. The van der Waals surface area contributed by atoms with E-state index in [-0.39, 0.29) is 0 Å². The zero-order valence-electron chi connectivity index (χ0n) is 15.3. The molecule has 1 aliphatic rings. The molecule has 1 aliphatic carbocycles. The third kappa shape index (κ3) is 3.84. The maximum Gasteiger partial charge on any atom is 0.192 e. The van der Waals surface area contributed by atoms with Gasteiger partial charge >= 0.3 is 0 Å². The fraction of sp³-hybridized carbons (Fsp3) is 0.444. The molecule has 1 unspecified atom stereocenters. The summed E-state index contributed by atoms with van der Waals surface area (Å²) in [5.74, 6) is 2.03. The Kier molecular flexibility index (Phi) is 5.13. The van der Waals surface area contributed by atoms with Gasteiger partial charge in [0.15, 0.2) is 11.4 Å². The SMILES string of the molecule is COc1cc(Cn2cccn2)cc2onc(NS(=O)CC3CC(OC)C3)c12. The Labute approximate surface area is 159 Å². The van der Waals surface area contributed by atoms with E-state index in [0.29, 0.717) is 46.9 Å². The Morgan fingerprint density at radius 1 is 1.37 bits per heavy atom. The highest BCUT2D eigenvalue weighted by atomic mass is 32.2. The minimum atomic E-state index is -1.24. The average Bonchev–Trinajstić information content (AvgIpc) is 3.27. The molecule has 4 rings (SSSR count). The summed E-state index contributed by atoms with van der Waals surface area (Å²) in [4.78, 5) is 0. The van der Waals surface area contributed by atoms with Crippen molar-refractivity contribution in [3.05, 3.63) is 36.2 Å². The summed E-state index contributed by atoms with van der Waals surface area (Å²) in [6, 6.07) is 5.69. The Bertz CT molecular complexity index is 934. The van der Waals surface area contributed by atoms with Crippen molar-refractivity contribution in [3.63, 3.8) is 0 Å². The Hall–Kier alpha value is -2.39. The first-order chi connectivity index (χ1) is 13.2. The Balaban J connectivity index is 1.51. The fourth-order valence-electron chi connectivity index (χ4n) is 3.36. The number of hydrogen-bond donors (Lipinski definition) is 1. The molecule has 0 aliphatic heterocycles. The molecule has 27 heavy (non-hydrogen) atoms. The summed E-state index contributed by atoms with van der Waals surface area (Å²) < 4.78 is 33.5. The molecule has 144 valence electrons. The van der Waals surface area contributed by atoms with E-state index in [4.69, 9.17) is 14.0 Å². The van der Waals surface area contributed by atoms with Crippen LogP contribution in [0.2, 0.25) is 0 Å². The molecule has 9 heteroatoms. The number of fused-ring (bicyclic) bond motifs is 1. The zero-order valence-corrected chi connectivity index (χ0v) is 16.1. The summed E-state index contributed by atoms with van der Waals surface area (Å²) in [5, 5.41) is 8.96. The third-order valence-corrected chi connectivity index (χ3v) is 6.04. The molecular formula is C18H22N4O4S. The lowest BCUT2D eigenvalue weighted by Gasteiger charge is -2.33. The monoisotopic (exact) mass is 390 g/mol. The van der Waals surface area contributed by atoms with Crippen molar-refractivity contribution in [1.82, 2.24) is 14.9 Å². The van der Waals surface area contributed by atoms with Crippen molar-refractivity contribution in [2.24, 2.45) is 5.92 Å². The van der Waals surface area contributed by atoms with E-state index in [0.717, 1.165) is 18.4 Å². The maximum absolute atomic E-state index is 12.5. The number of nitrogens with one attached hydrogen (secondary N) is 1. The van der Waals surface area contributed by atoms with Gasteiger partial charge in [-0.05, 0) is 42.5 Å². The van der Waals surface area contributed by atoms with Crippen molar-refractivity contribution in [3.8, 4) is 5.75 Å². The van der Waals surface area contributed by atoms with Gasteiger partial charge in [0.1, 0.15) is 22.1 Å². The molecular weight excluding hydrogens is 368 g/mol. The summed E-state index contributed by atoms with van der Waals surface area (Å²) in [7, 11) is 2.07. The van der Waals surface area contributed by atoms with Gasteiger partial charge in [-0.1, -0.05) is 5.16 Å². The standard InChI is InChI=1S/C18H22N4O4S/c1-24-14-6-13(7-14)11-27(23)21-18-17-15(25-2)8-12(9-16(17)26-20-18)10-22-5-3-4-19-22/h3-5,8-9,13-14H,6-7,10-11H2,1-2H3,(H,20,21). The molecule has 0 spiro atoms. The molecule has 3 aromatic rings. The minimum absolute atomic E-state index is 0.299. The predicted molar refractivity (Wildman–Crippen MR) is 102 cm³/mol. The summed E-state index contributed by atoms with van der Waals surface area (Å²) in [6.45, 7) is 0.594. The number of ether oxygens (including phenoxy) is 2. The predicted octanol–water partition coefficient (Wildman–Crippen LogP) is 2.58. The van der Waals surface area contributed by atoms with Crippen LogP contribution in [-0.4, -0.2) is 45.2 Å². The highest BCUT2D eigenvalue weighted by molar-refractivity contribution is 7.86. The van der Waals surface area contributed by atoms with Crippen molar-refractivity contribution in [1.29, 1.82) is 0 Å². The van der Waals surface area contributed by atoms with Crippen LogP contribution in [0.15, 0.2) is 35.1 Å². The maximum atomic E-state index is 12.5. The van der Waals surface area contributed by atoms with Crippen LogP contribution < -0.4 is 9.46 Å². The Morgan fingerprint density at radius 2 is 2.22 bits per heavy atom. The van der Waals surface area contributed by atoms with Crippen LogP contribution in [0, 0.1) is 5.92 Å². The second kappa shape index (κ2) is 7.69. The second-order valence-corrected chi connectivity index (χ2v) is 7.94. The smallest absolute Gasteiger partial charge is 0.192 e. The van der Waals surface area contributed by atoms with Gasteiger partial charge in [-0.3, -0.25) is 9.40 Å². The van der Waals surface area contributed by atoms with Gasteiger partial charge in [0.2, 0.25) is 0 Å². The fourth-order valence-corrected chi connectivity index (χ4v) is 4.50. The van der Waals surface area contributed by atoms with Crippen LogP contribution in [-0.2, 0) is 22.3 Å². The lowest BCUT2D eigenvalue weighted by molar-refractivity contribution is 0.00883. The van der Waals surface area contributed by atoms with E-state index < -0.39 is 11.0 Å². The number of benzene rings is 1. The van der Waals surface area contributed by atoms with Crippen molar-refractivity contribution in [2.45, 2.75) is 25.5 Å². The van der Waals surface area contributed by atoms with Crippen LogP contribution in [0.25, 0.3) is 11.0 Å². The van der Waals surface area contributed by atoms with Crippen molar-refractivity contribution >= 4 is 27.8 Å². The summed E-state index contributed by atoms with van der Waals surface area (Å²) in [5.41, 5.74) is 1.56. The minimum Gasteiger partial charge on any atom is -0.496 e. The summed E-state index contributed by atoms with van der Waals surface area (Å²) in [6.07, 6.45) is 5.82. The van der Waals surface area contributed by atoms with Crippen LogP contribution in [0.1, 0.15) is 18.4 Å². The molecule has 1 fully saturated rings. The van der Waals surface area contributed by atoms with E-state index in [1.54, 1.807) is 20.4 Å². The van der Waals surface area contributed by atoms with Crippen molar-refractivity contribution in [2.75, 3.05) is 24.7 Å². The number of rotatable bonds is 8. The first kappa shape index (κ1) is 18.0. The van der Waals surface area contributed by atoms with E-state index in [1.807, 2.05) is 29.1 Å². The topological polar surface area (TPSA) is 91.4 Å². The molecule has 0 radical (unpaired) electrons. The van der Waals surface area contributed by atoms with Crippen LogP contribution in [0.5, 0.6) is 5.75 Å². The van der Waals surface area contributed by atoms with E-state index in [2.05, 4.69) is 15.0 Å². The molecule has 2 heterocycles. The van der Waals surface area contributed by atoms with Gasteiger partial charge in [-0.15, -0.1) is 0 Å². The number of nitrogens with zero attached hydrogens (tertiary/aromatic N) is 3. The second-order valence-electron chi connectivity index (χ2n) is 6.72. The number of anilines is 1. The van der Waals surface area contributed by atoms with E-state index >= 15 is 0 Å². The number of methoxy groups -OCH3 is 2. The molecule has 8 nitrogen and oxygen atoms in total. The van der Waals surface area contributed by atoms with Crippen LogP contribution in [0.3, 0.4) is 0 Å². The first-order valence-electron chi connectivity index (χ1n) is 8.77. The van der Waals surface area contributed by atoms with Gasteiger partial charge in [0.25, 0.3) is 0 Å². The highest BCUT2D eigenvalue weighted by Crippen LogP contribution is 2.35. The zero-order chi connectivity index (χ0) is 18.8. The molecule has 0 bridgehead atoms. The van der Waals surface area contributed by atoms with Crippen molar-refractivity contribution < 1.29 is 18.2 Å². The molecule has 1 saturated carbocycles. The average molecular weight is 390 g/mol. The first-order valence-corrected chi connectivity index (χ1v) is 10.1. The van der Waals surface area contributed by atoms with Gasteiger partial charge in [-0.25, -0.2) is 4.21 Å². The molecule has 2 aromatic heterocycles. The third-order valence-electron chi connectivity index (χ3n) is 4.84. The van der Waals surface area contributed by atoms with E-state index in [9.17, 15) is 4.21 Å². The van der Waals surface area contributed by atoms with Gasteiger partial charge in [0, 0.05) is 25.3 Å². The van der Waals surface area contributed by atoms with E-state index in [1.165, 1.54) is 0 Å². The largest absolute Gasteiger partial charge is 0.496 e. The molecule has 1 atom stereocenters. The Morgan fingerprint density at radius 3 is 2.93 bits per heavy atom. The van der Waals surface area contributed by atoms with Crippen LogP contribution >= 0.6 is 0 Å². The van der Waals surface area contributed by atoms with Gasteiger partial charge in [-0.2, -0.15) is 5.10 Å². The van der Waals surface area contributed by atoms with Gasteiger partial charge in [0.05, 0.1) is 19.8 Å². The lowest BCUT2D eigenvalue weighted by atomic mass is 9.84. The molecule has 0 amide bonds.